The van der Waals surface area contributed by atoms with Crippen LogP contribution >= 0.6 is 22.7 Å². The second-order valence-electron chi connectivity index (χ2n) is 6.28. The minimum atomic E-state index is -0.618. The van der Waals surface area contributed by atoms with Crippen molar-refractivity contribution in [2.75, 3.05) is 11.9 Å². The Balaban J connectivity index is 1.71. The first-order chi connectivity index (χ1) is 12.5. The molecule has 0 bridgehead atoms. The monoisotopic (exact) mass is 392 g/mol. The molecule has 0 aliphatic heterocycles. The second-order valence-corrected chi connectivity index (χ2v) is 8.11. The van der Waals surface area contributed by atoms with Crippen molar-refractivity contribution in [2.24, 2.45) is 5.92 Å². The lowest BCUT2D eigenvalue weighted by Gasteiger charge is -2.13. The molecule has 3 rings (SSSR count). The summed E-state index contributed by atoms with van der Waals surface area (Å²) >= 11 is 2.75. The van der Waals surface area contributed by atoms with Gasteiger partial charge in [-0.25, -0.2) is 4.79 Å². The Kier molecular flexibility index (Phi) is 5.73. The summed E-state index contributed by atoms with van der Waals surface area (Å²) in [4.78, 5) is 36.9. The molecule has 0 aromatic carbocycles. The lowest BCUT2D eigenvalue weighted by atomic mass is 10.1. The Morgan fingerprint density at radius 2 is 2.08 bits per heavy atom. The molecular formula is C18H20N2O4S2. The van der Waals surface area contributed by atoms with Crippen LogP contribution in [0.15, 0.2) is 22.9 Å². The van der Waals surface area contributed by atoms with Gasteiger partial charge in [0, 0.05) is 28.8 Å². The molecule has 2 heterocycles. The molecule has 8 heteroatoms. The molecule has 0 radical (unpaired) electrons. The Labute approximate surface area is 159 Å². The van der Waals surface area contributed by atoms with Crippen LogP contribution in [0.1, 0.15) is 37.0 Å². The Morgan fingerprint density at radius 3 is 2.69 bits per heavy atom. The van der Waals surface area contributed by atoms with Gasteiger partial charge in [-0.1, -0.05) is 6.07 Å². The maximum atomic E-state index is 12.6. The minimum Gasteiger partial charge on any atom is -0.452 e. The summed E-state index contributed by atoms with van der Waals surface area (Å²) in [7, 11) is 0. The van der Waals surface area contributed by atoms with Crippen molar-refractivity contribution in [3.8, 4) is 10.4 Å². The number of hydrogen-bond acceptors (Lipinski definition) is 6. The molecule has 2 aromatic rings. The summed E-state index contributed by atoms with van der Waals surface area (Å²) < 4.78 is 5.22. The zero-order valence-electron chi connectivity index (χ0n) is 14.5. The largest absolute Gasteiger partial charge is 0.452 e. The van der Waals surface area contributed by atoms with E-state index >= 15 is 0 Å². The molecule has 2 aromatic heterocycles. The summed E-state index contributed by atoms with van der Waals surface area (Å²) in [5.41, 5.74) is 0.987. The molecule has 2 N–H and O–H groups in total. The molecule has 0 unspecified atom stereocenters. The molecule has 1 aliphatic rings. The van der Waals surface area contributed by atoms with Crippen molar-refractivity contribution in [1.29, 1.82) is 0 Å². The number of rotatable bonds is 7. The number of nitrogens with one attached hydrogen (secondary N) is 2. The van der Waals surface area contributed by atoms with Gasteiger partial charge < -0.3 is 15.4 Å². The first-order valence-electron chi connectivity index (χ1n) is 8.35. The quantitative estimate of drug-likeness (QED) is 0.706. The molecule has 0 spiro atoms. The van der Waals surface area contributed by atoms with Crippen LogP contribution in [-0.4, -0.2) is 30.4 Å². The van der Waals surface area contributed by atoms with Gasteiger partial charge in [0.2, 0.25) is 5.91 Å². The minimum absolute atomic E-state index is 0.0963. The fourth-order valence-electron chi connectivity index (χ4n) is 2.64. The third kappa shape index (κ3) is 4.50. The van der Waals surface area contributed by atoms with Crippen LogP contribution in [0.4, 0.5) is 5.00 Å². The van der Waals surface area contributed by atoms with Crippen LogP contribution in [-0.2, 0) is 14.3 Å². The van der Waals surface area contributed by atoms with Gasteiger partial charge in [-0.05, 0) is 37.1 Å². The van der Waals surface area contributed by atoms with Gasteiger partial charge >= 0.3 is 5.97 Å². The van der Waals surface area contributed by atoms with Gasteiger partial charge in [0.1, 0.15) is 10.6 Å². The lowest BCUT2D eigenvalue weighted by molar-refractivity contribution is -0.125. The van der Waals surface area contributed by atoms with Crippen LogP contribution < -0.4 is 10.6 Å². The molecule has 138 valence electrons. The summed E-state index contributed by atoms with van der Waals surface area (Å²) in [5, 5.41) is 9.66. The maximum absolute atomic E-state index is 12.6. The first kappa shape index (κ1) is 18.6. The summed E-state index contributed by atoms with van der Waals surface area (Å²) in [6, 6.07) is 3.88. The number of hydrogen-bond donors (Lipinski definition) is 2. The van der Waals surface area contributed by atoms with E-state index in [1.165, 1.54) is 29.6 Å². The zero-order valence-corrected chi connectivity index (χ0v) is 16.2. The molecule has 1 fully saturated rings. The van der Waals surface area contributed by atoms with Crippen molar-refractivity contribution in [2.45, 2.75) is 32.7 Å². The maximum Gasteiger partial charge on any atom is 0.342 e. The Bertz CT molecular complexity index is 809. The highest BCUT2D eigenvalue weighted by atomic mass is 32.1. The highest BCUT2D eigenvalue weighted by Gasteiger charge is 2.29. The highest BCUT2D eigenvalue weighted by molar-refractivity contribution is 7.17. The fourth-order valence-corrected chi connectivity index (χ4v) is 4.46. The fraction of sp³-hybridized carbons (Fsp3) is 0.389. The van der Waals surface area contributed by atoms with Crippen LogP contribution in [0, 0.1) is 5.92 Å². The zero-order chi connectivity index (χ0) is 18.7. The number of carbonyl (C=O) groups is 3. The van der Waals surface area contributed by atoms with E-state index in [9.17, 15) is 14.4 Å². The van der Waals surface area contributed by atoms with E-state index in [1.807, 2.05) is 29.8 Å². The normalized spacial score (nSPS) is 14.5. The van der Waals surface area contributed by atoms with E-state index < -0.39 is 5.97 Å². The standard InChI is InChI=1S/C18H20N2O4S2/c1-10(12-5-6-12)19-15(22)8-24-18(23)16-13(14-4-3-7-25-14)9-26-17(16)20-11(2)21/h3-4,7,9-10,12H,5-6,8H2,1-2H3,(H,19,22)(H,20,21)/t10-/m1/s1. The lowest BCUT2D eigenvalue weighted by Crippen LogP contribution is -2.37. The van der Waals surface area contributed by atoms with Crippen LogP contribution in [0.5, 0.6) is 0 Å². The van der Waals surface area contributed by atoms with Gasteiger partial charge in [-0.15, -0.1) is 22.7 Å². The number of amides is 2. The van der Waals surface area contributed by atoms with Gasteiger partial charge in [0.25, 0.3) is 5.91 Å². The van der Waals surface area contributed by atoms with E-state index in [0.29, 0.717) is 16.5 Å². The van der Waals surface area contributed by atoms with Crippen molar-refractivity contribution in [3.05, 3.63) is 28.5 Å². The summed E-state index contributed by atoms with van der Waals surface area (Å²) in [6.45, 7) is 3.00. The van der Waals surface area contributed by atoms with Crippen LogP contribution in [0.3, 0.4) is 0 Å². The Hall–Kier alpha value is -2.19. The molecule has 1 saturated carbocycles. The van der Waals surface area contributed by atoms with Crippen molar-refractivity contribution in [1.82, 2.24) is 5.32 Å². The number of thiophene rings is 2. The molecule has 6 nitrogen and oxygen atoms in total. The van der Waals surface area contributed by atoms with Gasteiger partial charge in [0.15, 0.2) is 6.61 Å². The topological polar surface area (TPSA) is 84.5 Å². The SMILES string of the molecule is CC(=O)Nc1scc(-c2cccs2)c1C(=O)OCC(=O)N[C@H](C)C1CC1. The Morgan fingerprint density at radius 1 is 1.31 bits per heavy atom. The average Bonchev–Trinajstić information content (AvgIpc) is 3.14. The van der Waals surface area contributed by atoms with E-state index in [0.717, 1.165) is 17.7 Å². The van der Waals surface area contributed by atoms with Gasteiger partial charge in [-0.2, -0.15) is 0 Å². The predicted molar refractivity (Wildman–Crippen MR) is 103 cm³/mol. The van der Waals surface area contributed by atoms with Gasteiger partial charge in [0.05, 0.1) is 0 Å². The van der Waals surface area contributed by atoms with Gasteiger partial charge in [-0.3, -0.25) is 9.59 Å². The number of esters is 1. The molecular weight excluding hydrogens is 372 g/mol. The summed E-state index contributed by atoms with van der Waals surface area (Å²) in [5.74, 6) is -0.669. The summed E-state index contributed by atoms with van der Waals surface area (Å²) in [6.07, 6.45) is 2.25. The van der Waals surface area contributed by atoms with E-state index in [4.69, 9.17) is 4.74 Å². The van der Waals surface area contributed by atoms with E-state index in [-0.39, 0.29) is 30.0 Å². The third-order valence-electron chi connectivity index (χ3n) is 4.12. The third-order valence-corrected chi connectivity index (χ3v) is 5.92. The highest BCUT2D eigenvalue weighted by Crippen LogP contribution is 2.38. The van der Waals surface area contributed by atoms with E-state index in [1.54, 1.807) is 0 Å². The van der Waals surface area contributed by atoms with Crippen molar-refractivity contribution in [3.63, 3.8) is 0 Å². The van der Waals surface area contributed by atoms with Crippen LogP contribution in [0.2, 0.25) is 0 Å². The second kappa shape index (κ2) is 8.01. The molecule has 1 aliphatic carbocycles. The number of carbonyl (C=O) groups excluding carboxylic acids is 3. The first-order valence-corrected chi connectivity index (χ1v) is 10.1. The van der Waals surface area contributed by atoms with E-state index in [2.05, 4.69) is 10.6 Å². The molecule has 26 heavy (non-hydrogen) atoms. The predicted octanol–water partition coefficient (Wildman–Crippen LogP) is 3.51. The molecule has 0 saturated heterocycles. The smallest absolute Gasteiger partial charge is 0.342 e. The average molecular weight is 393 g/mol. The van der Waals surface area contributed by atoms with Crippen molar-refractivity contribution < 1.29 is 19.1 Å². The number of anilines is 1. The number of ether oxygens (including phenoxy) is 1. The van der Waals surface area contributed by atoms with Crippen molar-refractivity contribution >= 4 is 45.5 Å². The molecule has 2 amide bonds. The van der Waals surface area contributed by atoms with Crippen LogP contribution in [0.25, 0.3) is 10.4 Å². The molecule has 1 atom stereocenters.